The fourth-order valence-electron chi connectivity index (χ4n) is 9.03. The van der Waals surface area contributed by atoms with Gasteiger partial charge < -0.3 is 33.7 Å². The van der Waals surface area contributed by atoms with Crippen LogP contribution in [0.25, 0.3) is 11.2 Å². The number of halogens is 1. The third-order valence-electron chi connectivity index (χ3n) is 11.6. The van der Waals surface area contributed by atoms with Crippen LogP contribution in [0.3, 0.4) is 0 Å². The predicted octanol–water partition coefficient (Wildman–Crippen LogP) is 7.86. The summed E-state index contributed by atoms with van der Waals surface area (Å²) in [6, 6.07) is 27.9. The first-order chi connectivity index (χ1) is 28.0. The Morgan fingerprint density at radius 3 is 2.10 bits per heavy atom. The first kappa shape index (κ1) is 40.1. The van der Waals surface area contributed by atoms with Crippen LogP contribution in [0, 0.1) is 17.2 Å². The van der Waals surface area contributed by atoms with Crippen molar-refractivity contribution in [2.45, 2.75) is 94.3 Å². The molecule has 0 bridgehead atoms. The summed E-state index contributed by atoms with van der Waals surface area (Å²) in [7, 11) is 1.37. The summed E-state index contributed by atoms with van der Waals surface area (Å²) in [5.41, 5.74) is 5.65. The summed E-state index contributed by atoms with van der Waals surface area (Å²) < 4.78 is 61.5. The molecule has 3 aliphatic rings. The molecule has 15 heteroatoms. The average Bonchev–Trinajstić information content (AvgIpc) is 3.45. The molecule has 1 aliphatic heterocycles. The van der Waals surface area contributed by atoms with Gasteiger partial charge in [0.05, 0.1) is 39.6 Å². The fraction of sp³-hybridized carbons (Fsp3) is 0.442. The van der Waals surface area contributed by atoms with E-state index in [1.54, 1.807) is 18.8 Å². The van der Waals surface area contributed by atoms with Gasteiger partial charge in [-0.2, -0.15) is 5.26 Å². The van der Waals surface area contributed by atoms with Crippen LogP contribution >= 0.6 is 8.53 Å². The van der Waals surface area contributed by atoms with E-state index in [-0.39, 0.29) is 36.8 Å². The van der Waals surface area contributed by atoms with Crippen LogP contribution in [0.2, 0.25) is 0 Å². The lowest BCUT2D eigenvalue weighted by molar-refractivity contribution is -0.161. The number of nitrogens with zero attached hydrogens (tertiary/aromatic N) is 6. The van der Waals surface area contributed by atoms with Crippen LogP contribution < -0.4 is 15.2 Å². The maximum absolute atomic E-state index is 18.2. The number of fused-ring (bicyclic) bond motifs is 4. The number of aromatic nitrogens is 4. The van der Waals surface area contributed by atoms with Crippen LogP contribution in [0.4, 0.5) is 10.2 Å². The van der Waals surface area contributed by atoms with E-state index in [1.807, 2.05) is 78.9 Å². The molecule has 0 amide bonds. The number of hydrogen-bond acceptors (Lipinski definition) is 12. The summed E-state index contributed by atoms with van der Waals surface area (Å²) in [4.78, 5) is 13.0. The van der Waals surface area contributed by atoms with Crippen molar-refractivity contribution < 1.29 is 32.4 Å². The van der Waals surface area contributed by atoms with E-state index >= 15 is 4.39 Å². The van der Waals surface area contributed by atoms with Gasteiger partial charge in [0.1, 0.15) is 46.3 Å². The highest BCUT2D eigenvalue weighted by Crippen LogP contribution is 2.73. The van der Waals surface area contributed by atoms with Crippen molar-refractivity contribution in [3.63, 3.8) is 0 Å². The molecule has 1 saturated heterocycles. The topological polar surface area (TPSA) is 152 Å². The fourth-order valence-corrected chi connectivity index (χ4v) is 10.9. The summed E-state index contributed by atoms with van der Waals surface area (Å²) in [5.74, 6) is 1.42. The van der Waals surface area contributed by atoms with Crippen molar-refractivity contribution in [3.8, 4) is 17.6 Å². The van der Waals surface area contributed by atoms with Crippen molar-refractivity contribution in [2.75, 3.05) is 26.6 Å². The monoisotopic (exact) mass is 809 g/mol. The second-order valence-corrected chi connectivity index (χ2v) is 17.0. The minimum absolute atomic E-state index is 0.0199. The molecular formula is C43H49FN7O6P. The normalized spacial score (nSPS) is 25.5. The molecule has 304 valence electrons. The molecule has 2 aromatic heterocycles. The Morgan fingerprint density at radius 1 is 0.914 bits per heavy atom. The molecule has 2 saturated carbocycles. The number of hydrogen-bond donors (Lipinski definition) is 1. The lowest BCUT2D eigenvalue weighted by atomic mass is 9.79. The molecule has 3 aromatic carbocycles. The van der Waals surface area contributed by atoms with Crippen molar-refractivity contribution in [1.82, 2.24) is 24.2 Å². The number of rotatable bonds is 16. The molecule has 13 nitrogen and oxygen atoms in total. The lowest BCUT2D eigenvalue weighted by Crippen LogP contribution is -2.52. The minimum Gasteiger partial charge on any atom is -0.497 e. The molecule has 1 unspecified atom stereocenters. The molecule has 0 radical (unpaired) electrons. The Kier molecular flexibility index (Phi) is 10.9. The maximum atomic E-state index is 18.2. The molecule has 5 aromatic rings. The molecule has 2 N–H and O–H groups in total. The van der Waals surface area contributed by atoms with Gasteiger partial charge in [-0.25, -0.2) is 24.0 Å². The average molecular weight is 810 g/mol. The van der Waals surface area contributed by atoms with E-state index in [4.69, 9.17) is 33.7 Å². The lowest BCUT2D eigenvalue weighted by Gasteiger charge is -2.44. The number of nitrogens with two attached hydrogens (primary N) is 1. The molecular weight excluding hydrogens is 760 g/mol. The number of benzene rings is 3. The number of alkyl halides is 1. The highest BCUT2D eigenvalue weighted by molar-refractivity contribution is 7.44. The molecule has 3 heterocycles. The first-order valence-electron chi connectivity index (χ1n) is 19.6. The summed E-state index contributed by atoms with van der Waals surface area (Å²) >= 11 is 0. The van der Waals surface area contributed by atoms with E-state index in [1.165, 1.54) is 12.7 Å². The molecule has 3 fully saturated rings. The van der Waals surface area contributed by atoms with Gasteiger partial charge in [0, 0.05) is 12.1 Å². The second-order valence-electron chi connectivity index (χ2n) is 15.7. The van der Waals surface area contributed by atoms with E-state index in [2.05, 4.69) is 53.4 Å². The molecule has 58 heavy (non-hydrogen) atoms. The molecule has 8 rings (SSSR count). The Balaban J connectivity index is 1.30. The zero-order valence-corrected chi connectivity index (χ0v) is 34.4. The Labute approximate surface area is 339 Å². The van der Waals surface area contributed by atoms with E-state index in [9.17, 15) is 5.26 Å². The zero-order chi connectivity index (χ0) is 40.8. The van der Waals surface area contributed by atoms with Crippen LogP contribution in [0.5, 0.6) is 11.5 Å². The minimum atomic E-state index is -1.90. The summed E-state index contributed by atoms with van der Waals surface area (Å²) in [6.45, 7) is 8.34. The second kappa shape index (κ2) is 15.8. The highest BCUT2D eigenvalue weighted by Gasteiger charge is 2.82. The third kappa shape index (κ3) is 6.58. The largest absolute Gasteiger partial charge is 0.497 e. The Hall–Kier alpha value is -4.74. The summed E-state index contributed by atoms with van der Waals surface area (Å²) in [5, 5.41) is 9.47. The van der Waals surface area contributed by atoms with Gasteiger partial charge in [-0.05, 0) is 87.4 Å². The van der Waals surface area contributed by atoms with Gasteiger partial charge >= 0.3 is 0 Å². The number of ether oxygens (including phenoxy) is 4. The standard InChI is InChI=1S/C43H49FN7O6P/c1-27(2)51(28(3)4)58(54-22-10-21-45)57-42-24-32-23-41(32,40(42)55-39(36(42)44)50-26-49-35-37(46)47-25-48-38(35)50)56-43(29-11-8-7-9-12-29,30-13-17-33(52-5)18-14-30)31-15-19-34(53-6)20-16-31/h7-9,11-20,25-28,32,36,39-40H,10,22-24H2,1-6H3,(H2,46,47,48)/t32-,36+,39+,40+,41+,42-,58?/m0/s1. The van der Waals surface area contributed by atoms with Gasteiger partial charge in [-0.3, -0.25) is 4.57 Å². The van der Waals surface area contributed by atoms with Gasteiger partial charge in [0.15, 0.2) is 23.9 Å². The van der Waals surface area contributed by atoms with Crippen molar-refractivity contribution in [2.24, 2.45) is 5.92 Å². The molecule has 2 aliphatic carbocycles. The van der Waals surface area contributed by atoms with Crippen LogP contribution in [0.1, 0.15) is 69.9 Å². The predicted molar refractivity (Wildman–Crippen MR) is 216 cm³/mol. The Morgan fingerprint density at radius 2 is 1.52 bits per heavy atom. The molecule has 7 atom stereocenters. The first-order valence-corrected chi connectivity index (χ1v) is 20.7. The van der Waals surface area contributed by atoms with Crippen molar-refractivity contribution in [3.05, 3.63) is 108 Å². The van der Waals surface area contributed by atoms with Gasteiger partial charge in [-0.15, -0.1) is 0 Å². The molecule has 0 spiro atoms. The van der Waals surface area contributed by atoms with Gasteiger partial charge in [0.25, 0.3) is 8.53 Å². The third-order valence-corrected chi connectivity index (χ3v) is 13.8. The number of nitrogen functional groups attached to an aromatic ring is 1. The SMILES string of the molecule is COc1ccc(C(O[C@]23C[C@H]2C[C@@]2(OP(OCCC#N)N(C(C)C)C(C)C)[C@@H]3O[C@@H](n3cnc4c(N)ncnc43)[C@H]2F)(c2ccccc2)c2ccc(OC)cc2)cc1. The number of methoxy groups -OCH3 is 2. The van der Waals surface area contributed by atoms with E-state index in [0.717, 1.165) is 16.7 Å². The van der Waals surface area contributed by atoms with Crippen molar-refractivity contribution >= 4 is 25.5 Å². The number of nitriles is 1. The quantitative estimate of drug-likeness (QED) is 0.0587. The number of anilines is 1. The smallest absolute Gasteiger partial charge is 0.260 e. The van der Waals surface area contributed by atoms with Crippen LogP contribution in [-0.2, 0) is 24.1 Å². The van der Waals surface area contributed by atoms with E-state index < -0.39 is 43.8 Å². The maximum Gasteiger partial charge on any atom is 0.260 e. The summed E-state index contributed by atoms with van der Waals surface area (Å²) in [6.07, 6.45) is 0.00181. The van der Waals surface area contributed by atoms with Gasteiger partial charge in [0.2, 0.25) is 0 Å². The Bertz CT molecular complexity index is 2200. The van der Waals surface area contributed by atoms with Gasteiger partial charge in [-0.1, -0.05) is 54.6 Å². The highest BCUT2D eigenvalue weighted by atomic mass is 31.2. The number of imidazole rings is 1. The van der Waals surface area contributed by atoms with Crippen LogP contribution in [-0.4, -0.2) is 80.6 Å². The zero-order valence-electron chi connectivity index (χ0n) is 33.5. The van der Waals surface area contributed by atoms with Crippen molar-refractivity contribution in [1.29, 1.82) is 5.26 Å². The van der Waals surface area contributed by atoms with Crippen LogP contribution in [0.15, 0.2) is 91.5 Å². The van der Waals surface area contributed by atoms with E-state index in [0.29, 0.717) is 35.5 Å².